The predicted octanol–water partition coefficient (Wildman–Crippen LogP) is 4.25. The maximum Gasteiger partial charge on any atom is 0.126 e. The van der Waals surface area contributed by atoms with E-state index in [2.05, 4.69) is 31.3 Å². The molecule has 2 aromatic rings. The zero-order valence-electron chi connectivity index (χ0n) is 12.6. The van der Waals surface area contributed by atoms with Crippen LogP contribution in [0.25, 0.3) is 0 Å². The highest BCUT2D eigenvalue weighted by molar-refractivity contribution is 5.29. The highest BCUT2D eigenvalue weighted by Crippen LogP contribution is 2.20. The summed E-state index contributed by atoms with van der Waals surface area (Å²) in [4.78, 5) is 0. The van der Waals surface area contributed by atoms with Crippen LogP contribution in [0.15, 0.2) is 48.5 Å². The molecule has 0 aliphatic rings. The topological polar surface area (TPSA) is 21.3 Å². The Kier molecular flexibility index (Phi) is 5.76. The Labute approximate surface area is 126 Å². The lowest BCUT2D eigenvalue weighted by atomic mass is 10.0. The molecule has 0 saturated carbocycles. The van der Waals surface area contributed by atoms with Gasteiger partial charge in [-0.25, -0.2) is 4.39 Å². The van der Waals surface area contributed by atoms with Crippen molar-refractivity contribution in [2.75, 3.05) is 13.2 Å². The van der Waals surface area contributed by atoms with Gasteiger partial charge in [0.25, 0.3) is 0 Å². The minimum Gasteiger partial charge on any atom is -0.492 e. The van der Waals surface area contributed by atoms with Gasteiger partial charge in [0.15, 0.2) is 0 Å². The average molecular weight is 287 g/mol. The fourth-order valence-electron chi connectivity index (χ4n) is 2.29. The van der Waals surface area contributed by atoms with Crippen molar-refractivity contribution in [3.63, 3.8) is 0 Å². The first-order chi connectivity index (χ1) is 10.2. The summed E-state index contributed by atoms with van der Waals surface area (Å²) in [5.41, 5.74) is 2.45. The van der Waals surface area contributed by atoms with Crippen LogP contribution in [-0.4, -0.2) is 13.2 Å². The molecule has 0 amide bonds. The fraction of sp³-hybridized carbons (Fsp3) is 0.333. The van der Waals surface area contributed by atoms with E-state index in [1.165, 1.54) is 23.3 Å². The van der Waals surface area contributed by atoms with E-state index < -0.39 is 0 Å². The van der Waals surface area contributed by atoms with Crippen LogP contribution >= 0.6 is 0 Å². The Morgan fingerprint density at radius 3 is 2.67 bits per heavy atom. The Hall–Kier alpha value is -1.87. The van der Waals surface area contributed by atoms with Crippen LogP contribution in [-0.2, 0) is 0 Å². The lowest BCUT2D eigenvalue weighted by molar-refractivity contribution is 0.265. The van der Waals surface area contributed by atoms with Gasteiger partial charge in [0, 0.05) is 6.07 Å². The van der Waals surface area contributed by atoms with E-state index in [-0.39, 0.29) is 11.9 Å². The smallest absolute Gasteiger partial charge is 0.126 e. The lowest BCUT2D eigenvalue weighted by Crippen LogP contribution is -2.28. The first-order valence-corrected chi connectivity index (χ1v) is 7.38. The highest BCUT2D eigenvalue weighted by atomic mass is 19.1. The Morgan fingerprint density at radius 2 is 1.95 bits per heavy atom. The van der Waals surface area contributed by atoms with E-state index in [4.69, 9.17) is 4.74 Å². The summed E-state index contributed by atoms with van der Waals surface area (Å²) in [6, 6.07) is 14.6. The van der Waals surface area contributed by atoms with E-state index in [1.807, 2.05) is 12.1 Å². The van der Waals surface area contributed by atoms with Crippen molar-refractivity contribution in [3.05, 3.63) is 65.5 Å². The summed E-state index contributed by atoms with van der Waals surface area (Å²) in [5, 5.41) is 3.49. The maximum absolute atomic E-state index is 13.2. The number of benzene rings is 2. The molecule has 2 rings (SSSR count). The minimum absolute atomic E-state index is 0.106. The molecule has 0 radical (unpaired) electrons. The SMILES string of the molecule is CCCNC(COc1cccc(F)c1)c1ccccc1C. The molecule has 0 aliphatic carbocycles. The van der Waals surface area contributed by atoms with Crippen LogP contribution in [0.3, 0.4) is 0 Å². The summed E-state index contributed by atoms with van der Waals surface area (Å²) in [5.74, 6) is 0.286. The highest BCUT2D eigenvalue weighted by Gasteiger charge is 2.13. The average Bonchev–Trinajstić information content (AvgIpc) is 2.48. The standard InChI is InChI=1S/C18H22FNO/c1-3-11-20-18(17-10-5-4-7-14(17)2)13-21-16-9-6-8-15(19)12-16/h4-10,12,18,20H,3,11,13H2,1-2H3. The number of rotatable bonds is 7. The molecule has 2 aromatic carbocycles. The van der Waals surface area contributed by atoms with Crippen LogP contribution in [0.4, 0.5) is 4.39 Å². The van der Waals surface area contributed by atoms with Crippen molar-refractivity contribution < 1.29 is 9.13 Å². The van der Waals surface area contributed by atoms with Gasteiger partial charge < -0.3 is 10.1 Å². The third-order valence-electron chi connectivity index (χ3n) is 3.42. The van der Waals surface area contributed by atoms with Crippen molar-refractivity contribution in [1.82, 2.24) is 5.32 Å². The molecule has 0 spiro atoms. The molecule has 0 fully saturated rings. The first-order valence-electron chi connectivity index (χ1n) is 7.38. The Balaban J connectivity index is 2.08. The van der Waals surface area contributed by atoms with Gasteiger partial charge in [-0.1, -0.05) is 37.3 Å². The Morgan fingerprint density at radius 1 is 1.14 bits per heavy atom. The van der Waals surface area contributed by atoms with Crippen molar-refractivity contribution in [1.29, 1.82) is 0 Å². The van der Waals surface area contributed by atoms with Gasteiger partial charge in [-0.3, -0.25) is 0 Å². The number of hydrogen-bond donors (Lipinski definition) is 1. The van der Waals surface area contributed by atoms with Gasteiger partial charge in [-0.2, -0.15) is 0 Å². The van der Waals surface area contributed by atoms with Crippen LogP contribution < -0.4 is 10.1 Å². The molecule has 112 valence electrons. The van der Waals surface area contributed by atoms with Crippen LogP contribution in [0.5, 0.6) is 5.75 Å². The molecule has 1 unspecified atom stereocenters. The summed E-state index contributed by atoms with van der Waals surface area (Å²) >= 11 is 0. The van der Waals surface area contributed by atoms with Crippen molar-refractivity contribution >= 4 is 0 Å². The molecule has 1 atom stereocenters. The van der Waals surface area contributed by atoms with E-state index >= 15 is 0 Å². The first kappa shape index (κ1) is 15.5. The van der Waals surface area contributed by atoms with E-state index in [0.717, 1.165) is 13.0 Å². The molecule has 0 saturated heterocycles. The summed E-state index contributed by atoms with van der Waals surface area (Å²) in [6.45, 7) is 5.63. The summed E-state index contributed by atoms with van der Waals surface area (Å²) < 4.78 is 18.9. The van der Waals surface area contributed by atoms with Gasteiger partial charge >= 0.3 is 0 Å². The summed E-state index contributed by atoms with van der Waals surface area (Å²) in [6.07, 6.45) is 1.06. The summed E-state index contributed by atoms with van der Waals surface area (Å²) in [7, 11) is 0. The molecule has 2 nitrogen and oxygen atoms in total. The van der Waals surface area contributed by atoms with Gasteiger partial charge in [-0.05, 0) is 43.1 Å². The zero-order chi connectivity index (χ0) is 15.1. The molecule has 0 aliphatic heterocycles. The zero-order valence-corrected chi connectivity index (χ0v) is 12.6. The number of nitrogens with one attached hydrogen (secondary N) is 1. The number of halogens is 1. The quantitative estimate of drug-likeness (QED) is 0.822. The third kappa shape index (κ3) is 4.57. The number of hydrogen-bond acceptors (Lipinski definition) is 2. The molecule has 21 heavy (non-hydrogen) atoms. The van der Waals surface area contributed by atoms with Gasteiger partial charge in [-0.15, -0.1) is 0 Å². The maximum atomic E-state index is 13.2. The molecule has 3 heteroatoms. The minimum atomic E-state index is -0.276. The molecular weight excluding hydrogens is 265 g/mol. The second kappa shape index (κ2) is 7.79. The second-order valence-electron chi connectivity index (χ2n) is 5.13. The largest absolute Gasteiger partial charge is 0.492 e. The van der Waals surface area contributed by atoms with Crippen LogP contribution in [0, 0.1) is 12.7 Å². The van der Waals surface area contributed by atoms with E-state index in [9.17, 15) is 4.39 Å². The van der Waals surface area contributed by atoms with Gasteiger partial charge in [0.2, 0.25) is 0 Å². The lowest BCUT2D eigenvalue weighted by Gasteiger charge is -2.21. The normalized spacial score (nSPS) is 12.1. The molecule has 0 aromatic heterocycles. The van der Waals surface area contributed by atoms with Crippen molar-refractivity contribution in [3.8, 4) is 5.75 Å². The van der Waals surface area contributed by atoms with Crippen LogP contribution in [0.2, 0.25) is 0 Å². The molecular formula is C18H22FNO. The second-order valence-corrected chi connectivity index (χ2v) is 5.13. The van der Waals surface area contributed by atoms with E-state index in [0.29, 0.717) is 12.4 Å². The predicted molar refractivity (Wildman–Crippen MR) is 84.1 cm³/mol. The molecule has 0 heterocycles. The molecule has 1 N–H and O–H groups in total. The van der Waals surface area contributed by atoms with Crippen molar-refractivity contribution in [2.45, 2.75) is 26.3 Å². The van der Waals surface area contributed by atoms with E-state index in [1.54, 1.807) is 12.1 Å². The van der Waals surface area contributed by atoms with Gasteiger partial charge in [0.05, 0.1) is 6.04 Å². The van der Waals surface area contributed by atoms with Crippen LogP contribution in [0.1, 0.15) is 30.5 Å². The monoisotopic (exact) mass is 287 g/mol. The number of ether oxygens (including phenoxy) is 1. The number of aryl methyl sites for hydroxylation is 1. The molecule has 0 bridgehead atoms. The van der Waals surface area contributed by atoms with Crippen molar-refractivity contribution in [2.24, 2.45) is 0 Å². The van der Waals surface area contributed by atoms with Gasteiger partial charge in [0.1, 0.15) is 18.2 Å². The fourth-order valence-corrected chi connectivity index (χ4v) is 2.29. The third-order valence-corrected chi connectivity index (χ3v) is 3.42. The Bertz CT molecular complexity index is 571.